The molecule has 68 valence electrons. The van der Waals surface area contributed by atoms with Gasteiger partial charge in [-0.05, 0) is 25.5 Å². The molecule has 1 aromatic heterocycles. The van der Waals surface area contributed by atoms with Gasteiger partial charge in [0.15, 0.2) is 5.58 Å². The molecule has 0 aliphatic heterocycles. The number of nitrogens with zero attached hydrogens (tertiary/aromatic N) is 1. The van der Waals surface area contributed by atoms with E-state index < -0.39 is 0 Å². The number of rotatable bonds is 1. The minimum Gasteiger partial charge on any atom is -0.496 e. The van der Waals surface area contributed by atoms with Gasteiger partial charge in [-0.25, -0.2) is 0 Å². The summed E-state index contributed by atoms with van der Waals surface area (Å²) in [6, 6.07) is 1.96. The molecule has 0 saturated carbocycles. The van der Waals surface area contributed by atoms with Gasteiger partial charge in [0, 0.05) is 10.9 Å². The van der Waals surface area contributed by atoms with Crippen LogP contribution in [0.4, 0.5) is 0 Å². The molecule has 0 spiro atoms. The lowest BCUT2D eigenvalue weighted by Crippen LogP contribution is -1.88. The summed E-state index contributed by atoms with van der Waals surface area (Å²) in [5.74, 6) is 0.883. The third kappa shape index (κ3) is 1.08. The maximum atomic E-state index is 5.23. The van der Waals surface area contributed by atoms with E-state index in [2.05, 4.69) is 5.16 Å². The van der Waals surface area contributed by atoms with Crippen LogP contribution in [0.25, 0.3) is 11.0 Å². The molecule has 0 unspecified atom stereocenters. The van der Waals surface area contributed by atoms with Crippen molar-refractivity contribution >= 4 is 11.0 Å². The van der Waals surface area contributed by atoms with Crippen molar-refractivity contribution in [3.8, 4) is 5.75 Å². The van der Waals surface area contributed by atoms with E-state index in [1.807, 2.05) is 19.9 Å². The first-order valence-electron chi connectivity index (χ1n) is 4.12. The predicted octanol–water partition coefficient (Wildman–Crippen LogP) is 2.45. The molecule has 0 atom stereocenters. The molecule has 0 aliphatic carbocycles. The molecule has 13 heavy (non-hydrogen) atoms. The van der Waals surface area contributed by atoms with Crippen molar-refractivity contribution in [1.82, 2.24) is 5.16 Å². The number of methoxy groups -OCH3 is 1. The molecule has 2 rings (SSSR count). The van der Waals surface area contributed by atoms with E-state index in [0.717, 1.165) is 27.8 Å². The van der Waals surface area contributed by atoms with Crippen molar-refractivity contribution in [2.24, 2.45) is 0 Å². The molecule has 0 saturated heterocycles. The maximum absolute atomic E-state index is 5.23. The first-order valence-corrected chi connectivity index (χ1v) is 4.12. The zero-order valence-corrected chi connectivity index (χ0v) is 7.92. The lowest BCUT2D eigenvalue weighted by molar-refractivity contribution is 0.411. The summed E-state index contributed by atoms with van der Waals surface area (Å²) in [7, 11) is 1.67. The Hall–Kier alpha value is -1.51. The number of hydrogen-bond acceptors (Lipinski definition) is 3. The van der Waals surface area contributed by atoms with Crippen LogP contribution in [0.2, 0.25) is 0 Å². The highest BCUT2D eigenvalue weighted by atomic mass is 16.5. The molecular weight excluding hydrogens is 166 g/mol. The lowest BCUT2D eigenvalue weighted by atomic mass is 10.1. The van der Waals surface area contributed by atoms with Crippen LogP contribution in [0.3, 0.4) is 0 Å². The number of aromatic nitrogens is 1. The lowest BCUT2D eigenvalue weighted by Gasteiger charge is -2.05. The van der Waals surface area contributed by atoms with Crippen molar-refractivity contribution in [1.29, 1.82) is 0 Å². The Morgan fingerprint density at radius 3 is 2.85 bits per heavy atom. The quantitative estimate of drug-likeness (QED) is 0.671. The van der Waals surface area contributed by atoms with Crippen LogP contribution in [0, 0.1) is 13.8 Å². The van der Waals surface area contributed by atoms with Crippen molar-refractivity contribution in [2.75, 3.05) is 7.11 Å². The normalized spacial score (nSPS) is 10.7. The third-order valence-corrected chi connectivity index (χ3v) is 2.27. The second-order valence-corrected chi connectivity index (χ2v) is 3.09. The van der Waals surface area contributed by atoms with Crippen LogP contribution in [-0.4, -0.2) is 12.3 Å². The minimum absolute atomic E-state index is 0.846. The van der Waals surface area contributed by atoms with Gasteiger partial charge in [-0.3, -0.25) is 0 Å². The van der Waals surface area contributed by atoms with Gasteiger partial charge in [-0.2, -0.15) is 0 Å². The Bertz CT molecular complexity index is 445. The second kappa shape index (κ2) is 2.76. The molecule has 0 radical (unpaired) electrons. The van der Waals surface area contributed by atoms with Crippen LogP contribution in [0.15, 0.2) is 16.8 Å². The topological polar surface area (TPSA) is 35.3 Å². The minimum atomic E-state index is 0.846. The van der Waals surface area contributed by atoms with Crippen LogP contribution in [0.1, 0.15) is 11.1 Å². The highest BCUT2D eigenvalue weighted by Gasteiger charge is 2.09. The fourth-order valence-corrected chi connectivity index (χ4v) is 1.51. The van der Waals surface area contributed by atoms with Gasteiger partial charge in [0.05, 0.1) is 13.3 Å². The molecule has 1 heterocycles. The SMILES string of the molecule is COc1cc(C)c2oncc2c1C. The molecule has 0 bridgehead atoms. The van der Waals surface area contributed by atoms with Gasteiger partial charge in [0.2, 0.25) is 0 Å². The van der Waals surface area contributed by atoms with Crippen molar-refractivity contribution in [2.45, 2.75) is 13.8 Å². The van der Waals surface area contributed by atoms with E-state index in [-0.39, 0.29) is 0 Å². The first-order chi connectivity index (χ1) is 6.24. The summed E-state index contributed by atoms with van der Waals surface area (Å²) in [6.45, 7) is 3.98. The number of benzene rings is 1. The van der Waals surface area contributed by atoms with E-state index in [4.69, 9.17) is 9.26 Å². The summed E-state index contributed by atoms with van der Waals surface area (Å²) in [5.41, 5.74) is 2.97. The van der Waals surface area contributed by atoms with Crippen molar-refractivity contribution in [3.05, 3.63) is 23.4 Å². The summed E-state index contributed by atoms with van der Waals surface area (Å²) >= 11 is 0. The Morgan fingerprint density at radius 1 is 1.38 bits per heavy atom. The molecule has 1 aromatic carbocycles. The number of aryl methyl sites for hydroxylation is 2. The summed E-state index contributed by atoms with van der Waals surface area (Å²) < 4.78 is 10.4. The standard InChI is InChI=1S/C10H11NO2/c1-6-4-9(12-3)7(2)8-5-11-13-10(6)8/h4-5H,1-3H3. The van der Waals surface area contributed by atoms with Crippen molar-refractivity contribution < 1.29 is 9.26 Å². The van der Waals surface area contributed by atoms with Gasteiger partial charge >= 0.3 is 0 Å². The van der Waals surface area contributed by atoms with Crippen LogP contribution in [-0.2, 0) is 0 Å². The monoisotopic (exact) mass is 177 g/mol. The zero-order valence-electron chi connectivity index (χ0n) is 7.92. The van der Waals surface area contributed by atoms with E-state index in [1.165, 1.54) is 0 Å². The molecule has 0 aliphatic rings. The highest BCUT2D eigenvalue weighted by molar-refractivity contribution is 5.84. The third-order valence-electron chi connectivity index (χ3n) is 2.27. The largest absolute Gasteiger partial charge is 0.496 e. The summed E-state index contributed by atoms with van der Waals surface area (Å²) in [5, 5.41) is 4.79. The second-order valence-electron chi connectivity index (χ2n) is 3.09. The van der Waals surface area contributed by atoms with Gasteiger partial charge in [-0.1, -0.05) is 5.16 Å². The number of ether oxygens (including phenoxy) is 1. The Balaban J connectivity index is 2.85. The molecule has 0 fully saturated rings. The van der Waals surface area contributed by atoms with Crippen LogP contribution < -0.4 is 4.74 Å². The van der Waals surface area contributed by atoms with E-state index >= 15 is 0 Å². The Labute approximate surface area is 76.3 Å². The number of hydrogen-bond donors (Lipinski definition) is 0. The Kier molecular flexibility index (Phi) is 1.72. The average Bonchev–Trinajstić information content (AvgIpc) is 2.60. The van der Waals surface area contributed by atoms with Gasteiger partial charge in [0.1, 0.15) is 5.75 Å². The maximum Gasteiger partial charge on any atom is 0.170 e. The molecular formula is C10H11NO2. The number of fused-ring (bicyclic) bond motifs is 1. The van der Waals surface area contributed by atoms with Gasteiger partial charge in [0.25, 0.3) is 0 Å². The van der Waals surface area contributed by atoms with Crippen LogP contribution >= 0.6 is 0 Å². The molecule has 0 N–H and O–H groups in total. The smallest absolute Gasteiger partial charge is 0.170 e. The van der Waals surface area contributed by atoms with E-state index in [9.17, 15) is 0 Å². The van der Waals surface area contributed by atoms with E-state index in [1.54, 1.807) is 13.3 Å². The molecule has 3 nitrogen and oxygen atoms in total. The van der Waals surface area contributed by atoms with Gasteiger partial charge < -0.3 is 9.26 Å². The summed E-state index contributed by atoms with van der Waals surface area (Å²) in [4.78, 5) is 0. The van der Waals surface area contributed by atoms with Crippen molar-refractivity contribution in [3.63, 3.8) is 0 Å². The predicted molar refractivity (Wildman–Crippen MR) is 50.0 cm³/mol. The van der Waals surface area contributed by atoms with Gasteiger partial charge in [-0.15, -0.1) is 0 Å². The fourth-order valence-electron chi connectivity index (χ4n) is 1.51. The Morgan fingerprint density at radius 2 is 2.15 bits per heavy atom. The first kappa shape index (κ1) is 8.10. The highest BCUT2D eigenvalue weighted by Crippen LogP contribution is 2.29. The fraction of sp³-hybridized carbons (Fsp3) is 0.300. The zero-order chi connectivity index (χ0) is 9.42. The van der Waals surface area contributed by atoms with E-state index in [0.29, 0.717) is 0 Å². The van der Waals surface area contributed by atoms with Crippen LogP contribution in [0.5, 0.6) is 5.75 Å². The summed E-state index contributed by atoms with van der Waals surface area (Å²) in [6.07, 6.45) is 1.72. The molecule has 0 amide bonds. The molecule has 3 heteroatoms. The average molecular weight is 177 g/mol. The molecule has 2 aromatic rings.